The minimum atomic E-state index is -0.901. The first-order chi connectivity index (χ1) is 23.5. The third-order valence-corrected chi connectivity index (χ3v) is 9.97. The molecule has 5 heteroatoms. The van der Waals surface area contributed by atoms with Crippen LogP contribution in [0.1, 0.15) is 271 Å². The van der Waals surface area contributed by atoms with Crippen molar-refractivity contribution < 1.29 is 46.0 Å². The maximum Gasteiger partial charge on any atom is 2.00 e. The number of unbranched alkanes of at least 4 members (excludes halogenated alkanes) is 36. The first kappa shape index (κ1) is 53.2. The van der Waals surface area contributed by atoms with Crippen molar-refractivity contribution in [2.45, 2.75) is 271 Å². The van der Waals surface area contributed by atoms with Crippen molar-refractivity contribution in [3.63, 3.8) is 0 Å². The Hall–Kier alpha value is -0.177. The molecule has 0 aromatic rings. The van der Waals surface area contributed by atoms with Crippen LogP contribution in [0.3, 0.4) is 0 Å². The molecule has 0 spiro atoms. The van der Waals surface area contributed by atoms with Crippen molar-refractivity contribution in [1.82, 2.24) is 0 Å². The largest absolute Gasteiger partial charge is 2.00 e. The van der Waals surface area contributed by atoms with Crippen LogP contribution in [0, 0.1) is 0 Å². The Morgan fingerprint density at radius 2 is 0.388 bits per heavy atom. The van der Waals surface area contributed by atoms with Crippen LogP contribution in [0.25, 0.3) is 0 Å². The SMILES string of the molecule is CCCCCCCCCCCCCCCCCCCCCC(=O)[O-].CCCCCCCCCCCCCCCCCCCCCC(=O)[O-].[Zr+2]. The number of carbonyl (C=O) groups excluding carboxylic acids is 2. The van der Waals surface area contributed by atoms with E-state index < -0.39 is 11.9 Å². The van der Waals surface area contributed by atoms with Gasteiger partial charge in [-0.3, -0.25) is 0 Å². The number of carbonyl (C=O) groups is 2. The molecule has 0 aromatic carbocycles. The number of aliphatic carboxylic acids is 2. The van der Waals surface area contributed by atoms with Gasteiger partial charge in [0.15, 0.2) is 0 Å². The van der Waals surface area contributed by atoms with E-state index in [1.807, 2.05) is 0 Å². The predicted octanol–water partition coefficient (Wildman–Crippen LogP) is 13.1. The van der Waals surface area contributed by atoms with Crippen LogP contribution in [-0.2, 0) is 35.8 Å². The van der Waals surface area contributed by atoms with E-state index in [1.54, 1.807) is 0 Å². The van der Waals surface area contributed by atoms with Gasteiger partial charge in [0, 0.05) is 11.9 Å². The number of rotatable bonds is 40. The standard InChI is InChI=1S/2C22H44O2.Zr/c2*1-2-3-4-5-6-7-8-9-10-11-12-13-14-15-16-17-18-19-20-21-22(23)24;/h2*2-21H2,1H3,(H,23,24);/q;;+2/p-2. The van der Waals surface area contributed by atoms with E-state index in [0.29, 0.717) is 0 Å². The second kappa shape index (κ2) is 49.9. The van der Waals surface area contributed by atoms with Crippen LogP contribution < -0.4 is 10.2 Å². The van der Waals surface area contributed by atoms with E-state index >= 15 is 0 Å². The van der Waals surface area contributed by atoms with Crippen molar-refractivity contribution >= 4 is 11.9 Å². The molecule has 0 atom stereocenters. The third-order valence-electron chi connectivity index (χ3n) is 9.97. The molecule has 0 radical (unpaired) electrons. The molecular weight excluding hydrogens is 684 g/mol. The maximum absolute atomic E-state index is 10.3. The Labute approximate surface area is 327 Å². The quantitative estimate of drug-likeness (QED) is 0.0581. The van der Waals surface area contributed by atoms with Crippen molar-refractivity contribution in [3.05, 3.63) is 0 Å². The fraction of sp³-hybridized carbons (Fsp3) is 0.955. The molecule has 0 heterocycles. The summed E-state index contributed by atoms with van der Waals surface area (Å²) in [5.41, 5.74) is 0. The Morgan fingerprint density at radius 3 is 0.510 bits per heavy atom. The van der Waals surface area contributed by atoms with E-state index in [2.05, 4.69) is 13.8 Å². The second-order valence-electron chi connectivity index (χ2n) is 15.0. The van der Waals surface area contributed by atoms with Gasteiger partial charge in [-0.2, -0.15) is 0 Å². The Morgan fingerprint density at radius 1 is 0.265 bits per heavy atom. The van der Waals surface area contributed by atoms with E-state index in [0.717, 1.165) is 25.7 Å². The molecule has 0 aliphatic rings. The van der Waals surface area contributed by atoms with Gasteiger partial charge in [-0.05, 0) is 25.7 Å². The molecule has 0 amide bonds. The number of carboxylic acids is 2. The van der Waals surface area contributed by atoms with E-state index in [9.17, 15) is 19.8 Å². The summed E-state index contributed by atoms with van der Waals surface area (Å²) in [6.45, 7) is 4.56. The molecule has 4 nitrogen and oxygen atoms in total. The van der Waals surface area contributed by atoms with Gasteiger partial charge in [0.25, 0.3) is 0 Å². The first-order valence-electron chi connectivity index (χ1n) is 21.9. The van der Waals surface area contributed by atoms with Gasteiger partial charge in [0.1, 0.15) is 0 Å². The summed E-state index contributed by atoms with van der Waals surface area (Å²) in [5.74, 6) is -1.80. The van der Waals surface area contributed by atoms with Gasteiger partial charge in [-0.1, -0.05) is 245 Å². The molecule has 0 aliphatic heterocycles. The number of hydrogen-bond acceptors (Lipinski definition) is 4. The predicted molar refractivity (Wildman–Crippen MR) is 206 cm³/mol. The molecule has 0 saturated carbocycles. The molecule has 0 fully saturated rings. The zero-order chi connectivity index (χ0) is 35.4. The average molecular weight is 770 g/mol. The molecule has 0 aliphatic carbocycles. The Kier molecular flexibility index (Phi) is 54.2. The molecule has 0 rings (SSSR count). The summed E-state index contributed by atoms with van der Waals surface area (Å²) in [4.78, 5) is 20.5. The summed E-state index contributed by atoms with van der Waals surface area (Å²) in [6.07, 6.45) is 51.5. The Bertz CT molecular complexity index is 560. The Balaban J connectivity index is -0.000000846. The van der Waals surface area contributed by atoms with Crippen LogP contribution >= 0.6 is 0 Å². The monoisotopic (exact) mass is 769 g/mol. The van der Waals surface area contributed by atoms with Crippen molar-refractivity contribution in [3.8, 4) is 0 Å². The van der Waals surface area contributed by atoms with E-state index in [4.69, 9.17) is 0 Å². The van der Waals surface area contributed by atoms with Crippen LogP contribution in [0.2, 0.25) is 0 Å². The van der Waals surface area contributed by atoms with Gasteiger partial charge in [0.2, 0.25) is 0 Å². The summed E-state index contributed by atoms with van der Waals surface area (Å²) in [5, 5.41) is 20.5. The summed E-state index contributed by atoms with van der Waals surface area (Å²) in [7, 11) is 0. The zero-order valence-electron chi connectivity index (χ0n) is 33.4. The van der Waals surface area contributed by atoms with Gasteiger partial charge in [-0.15, -0.1) is 0 Å². The molecule has 0 bridgehead atoms. The van der Waals surface area contributed by atoms with Crippen LogP contribution in [0.5, 0.6) is 0 Å². The molecule has 0 saturated heterocycles. The maximum atomic E-state index is 10.3. The molecule has 0 N–H and O–H groups in total. The zero-order valence-corrected chi connectivity index (χ0v) is 35.9. The van der Waals surface area contributed by atoms with Gasteiger partial charge in [0.05, 0.1) is 0 Å². The molecule has 0 unspecified atom stereocenters. The van der Waals surface area contributed by atoms with Crippen molar-refractivity contribution in [2.75, 3.05) is 0 Å². The van der Waals surface area contributed by atoms with Crippen molar-refractivity contribution in [1.29, 1.82) is 0 Å². The normalized spacial score (nSPS) is 10.8. The van der Waals surface area contributed by atoms with Crippen molar-refractivity contribution in [2.24, 2.45) is 0 Å². The fourth-order valence-corrected chi connectivity index (χ4v) is 6.70. The smallest absolute Gasteiger partial charge is 0.550 e. The average Bonchev–Trinajstić information content (AvgIpc) is 3.07. The molecule has 49 heavy (non-hydrogen) atoms. The summed E-state index contributed by atoms with van der Waals surface area (Å²) < 4.78 is 0. The summed E-state index contributed by atoms with van der Waals surface area (Å²) >= 11 is 0. The minimum Gasteiger partial charge on any atom is -0.550 e. The first-order valence-corrected chi connectivity index (χ1v) is 21.9. The van der Waals surface area contributed by atoms with Gasteiger partial charge in [-0.25, -0.2) is 0 Å². The third kappa shape index (κ3) is 57.4. The van der Waals surface area contributed by atoms with Crippen LogP contribution in [-0.4, -0.2) is 11.9 Å². The second-order valence-corrected chi connectivity index (χ2v) is 15.0. The summed E-state index contributed by atoms with van der Waals surface area (Å²) in [6, 6.07) is 0. The van der Waals surface area contributed by atoms with Crippen LogP contribution in [0.15, 0.2) is 0 Å². The molecule has 0 aromatic heterocycles. The van der Waals surface area contributed by atoms with Gasteiger partial charge < -0.3 is 19.8 Å². The number of hydrogen-bond donors (Lipinski definition) is 0. The van der Waals surface area contributed by atoms with Gasteiger partial charge >= 0.3 is 26.2 Å². The van der Waals surface area contributed by atoms with E-state index in [-0.39, 0.29) is 39.0 Å². The topological polar surface area (TPSA) is 80.3 Å². The van der Waals surface area contributed by atoms with E-state index in [1.165, 1.54) is 218 Å². The fourth-order valence-electron chi connectivity index (χ4n) is 6.70. The van der Waals surface area contributed by atoms with Crippen LogP contribution in [0.4, 0.5) is 0 Å². The minimum absolute atomic E-state index is 0. The number of carboxylic acid groups (broad SMARTS) is 2. The molecule has 290 valence electrons. The molecular formula is C44H86O4Zr.